The summed E-state index contributed by atoms with van der Waals surface area (Å²) in [6, 6.07) is 25.3. The first-order chi connectivity index (χ1) is 14.1. The van der Waals surface area contributed by atoms with Crippen molar-refractivity contribution in [1.29, 1.82) is 0 Å². The van der Waals surface area contributed by atoms with E-state index < -0.39 is 6.04 Å². The van der Waals surface area contributed by atoms with Crippen molar-refractivity contribution in [2.75, 3.05) is 6.54 Å². The molecule has 0 radical (unpaired) electrons. The van der Waals surface area contributed by atoms with Gasteiger partial charge in [0.25, 0.3) is 0 Å². The number of fused-ring (bicyclic) bond motifs is 1. The van der Waals surface area contributed by atoms with Gasteiger partial charge in [0.2, 0.25) is 0 Å². The molecule has 4 heteroatoms. The summed E-state index contributed by atoms with van der Waals surface area (Å²) in [7, 11) is 0. The van der Waals surface area contributed by atoms with E-state index in [4.69, 9.17) is 11.6 Å². The molecule has 3 aromatic carbocycles. The van der Waals surface area contributed by atoms with Crippen molar-refractivity contribution in [3.8, 4) is 0 Å². The Bertz CT molecular complexity index is 1100. The molecule has 2 atom stereocenters. The fourth-order valence-electron chi connectivity index (χ4n) is 3.64. The maximum absolute atomic E-state index is 13.5. The number of hydrogen-bond acceptors (Lipinski definition) is 2. The van der Waals surface area contributed by atoms with Crippen molar-refractivity contribution < 1.29 is 4.79 Å². The molecule has 0 aliphatic rings. The number of ketones is 1. The third-order valence-corrected chi connectivity index (χ3v) is 5.57. The van der Waals surface area contributed by atoms with Crippen LogP contribution in [0.3, 0.4) is 0 Å². The van der Waals surface area contributed by atoms with Crippen LogP contribution in [0.1, 0.15) is 40.4 Å². The Morgan fingerprint density at radius 1 is 0.931 bits per heavy atom. The molecule has 1 unspecified atom stereocenters. The van der Waals surface area contributed by atoms with Gasteiger partial charge in [-0.2, -0.15) is 0 Å². The zero-order chi connectivity index (χ0) is 20.2. The van der Waals surface area contributed by atoms with Crippen LogP contribution in [0.4, 0.5) is 0 Å². The molecule has 0 saturated carbocycles. The van der Waals surface area contributed by atoms with Crippen molar-refractivity contribution >= 4 is 28.3 Å². The summed E-state index contributed by atoms with van der Waals surface area (Å²) in [5.41, 5.74) is 3.83. The number of nitrogens with one attached hydrogen (secondary N) is 2. The van der Waals surface area contributed by atoms with Crippen LogP contribution in [0, 0.1) is 0 Å². The lowest BCUT2D eigenvalue weighted by Gasteiger charge is -2.21. The van der Waals surface area contributed by atoms with Crippen LogP contribution in [0.5, 0.6) is 0 Å². The molecule has 0 bridgehead atoms. The summed E-state index contributed by atoms with van der Waals surface area (Å²) in [5.74, 6) is 0.311. The van der Waals surface area contributed by atoms with E-state index in [0.29, 0.717) is 12.1 Å². The van der Waals surface area contributed by atoms with Crippen LogP contribution in [0.2, 0.25) is 5.02 Å². The van der Waals surface area contributed by atoms with Gasteiger partial charge in [0.1, 0.15) is 0 Å². The minimum atomic E-state index is -0.412. The summed E-state index contributed by atoms with van der Waals surface area (Å²) >= 11 is 6.01. The Hall–Kier alpha value is -2.88. The van der Waals surface area contributed by atoms with Gasteiger partial charge < -0.3 is 10.3 Å². The summed E-state index contributed by atoms with van der Waals surface area (Å²) < 4.78 is 0. The van der Waals surface area contributed by atoms with Gasteiger partial charge >= 0.3 is 0 Å². The number of aromatic nitrogens is 1. The summed E-state index contributed by atoms with van der Waals surface area (Å²) in [6.45, 7) is 2.82. The second-order valence-corrected chi connectivity index (χ2v) is 7.75. The Morgan fingerprint density at radius 3 is 2.38 bits per heavy atom. The largest absolute Gasteiger partial charge is 0.360 e. The molecule has 3 nitrogen and oxygen atoms in total. The Kier molecular flexibility index (Phi) is 5.79. The first-order valence-corrected chi connectivity index (χ1v) is 10.2. The number of carbonyl (C=O) groups is 1. The molecular weight excluding hydrogens is 380 g/mol. The van der Waals surface area contributed by atoms with E-state index in [1.165, 1.54) is 5.56 Å². The normalized spacial score (nSPS) is 13.3. The molecule has 146 valence electrons. The Morgan fingerprint density at radius 2 is 1.62 bits per heavy atom. The molecule has 0 saturated heterocycles. The predicted molar refractivity (Wildman–Crippen MR) is 120 cm³/mol. The lowest BCUT2D eigenvalue weighted by atomic mass is 9.95. The highest BCUT2D eigenvalue weighted by atomic mass is 35.5. The third-order valence-electron chi connectivity index (χ3n) is 5.32. The maximum Gasteiger partial charge on any atom is 0.186 e. The Balaban J connectivity index is 1.60. The van der Waals surface area contributed by atoms with E-state index in [1.807, 2.05) is 85.1 Å². The van der Waals surface area contributed by atoms with Gasteiger partial charge in [-0.25, -0.2) is 0 Å². The third kappa shape index (κ3) is 4.26. The van der Waals surface area contributed by atoms with Gasteiger partial charge in [0.15, 0.2) is 5.78 Å². The second kappa shape index (κ2) is 8.64. The molecule has 4 rings (SSSR count). The molecule has 1 aromatic heterocycles. The van der Waals surface area contributed by atoms with Gasteiger partial charge in [0, 0.05) is 34.2 Å². The van der Waals surface area contributed by atoms with Crippen LogP contribution < -0.4 is 5.32 Å². The number of aromatic amines is 1. The number of para-hydroxylation sites is 1. The van der Waals surface area contributed by atoms with Gasteiger partial charge in [-0.1, -0.05) is 79.2 Å². The minimum Gasteiger partial charge on any atom is -0.360 e. The van der Waals surface area contributed by atoms with Crippen molar-refractivity contribution in [2.45, 2.75) is 18.9 Å². The highest BCUT2D eigenvalue weighted by Gasteiger charge is 2.24. The molecule has 2 N–H and O–H groups in total. The standard InChI is InChI=1S/C25H23ClN2O/c1-17(18-11-13-20(26)14-12-18)15-28-24(19-7-3-2-4-8-19)25(29)22-16-27-23-10-6-5-9-21(22)23/h2-14,16-17,24,27-28H,15H2,1H3/t17?,24-/m1/s1. The summed E-state index contributed by atoms with van der Waals surface area (Å²) in [6.07, 6.45) is 1.81. The van der Waals surface area contributed by atoms with Gasteiger partial charge in [0.05, 0.1) is 6.04 Å². The van der Waals surface area contributed by atoms with E-state index in [1.54, 1.807) is 0 Å². The SMILES string of the molecule is CC(CN[C@@H](C(=O)c1c[nH]c2ccccc12)c1ccccc1)c1ccc(Cl)cc1. The lowest BCUT2D eigenvalue weighted by molar-refractivity contribution is 0.0944. The smallest absolute Gasteiger partial charge is 0.186 e. The van der Waals surface area contributed by atoms with E-state index >= 15 is 0 Å². The van der Waals surface area contributed by atoms with Crippen molar-refractivity contribution in [1.82, 2.24) is 10.3 Å². The zero-order valence-corrected chi connectivity index (χ0v) is 17.0. The van der Waals surface area contributed by atoms with Gasteiger partial charge in [-0.05, 0) is 35.2 Å². The van der Waals surface area contributed by atoms with E-state index in [0.717, 1.165) is 21.5 Å². The number of halogens is 1. The average Bonchev–Trinajstić information content (AvgIpc) is 3.19. The topological polar surface area (TPSA) is 44.9 Å². The molecule has 1 heterocycles. The maximum atomic E-state index is 13.5. The van der Waals surface area contributed by atoms with Crippen molar-refractivity contribution in [3.63, 3.8) is 0 Å². The number of carbonyl (C=O) groups excluding carboxylic acids is 1. The number of H-pyrrole nitrogens is 1. The van der Waals surface area contributed by atoms with Gasteiger partial charge in [-0.3, -0.25) is 4.79 Å². The molecule has 0 spiro atoms. The number of rotatable bonds is 7. The monoisotopic (exact) mass is 402 g/mol. The lowest BCUT2D eigenvalue weighted by Crippen LogP contribution is -2.31. The summed E-state index contributed by atoms with van der Waals surface area (Å²) in [5, 5.41) is 5.18. The minimum absolute atomic E-state index is 0.0666. The van der Waals surface area contributed by atoms with Crippen LogP contribution in [0.15, 0.2) is 85.1 Å². The van der Waals surface area contributed by atoms with Crippen LogP contribution in [-0.2, 0) is 0 Å². The number of benzene rings is 3. The van der Waals surface area contributed by atoms with E-state index in [-0.39, 0.29) is 11.7 Å². The second-order valence-electron chi connectivity index (χ2n) is 7.32. The summed E-state index contributed by atoms with van der Waals surface area (Å²) in [4.78, 5) is 16.7. The van der Waals surface area contributed by atoms with E-state index in [9.17, 15) is 4.79 Å². The van der Waals surface area contributed by atoms with Crippen LogP contribution >= 0.6 is 11.6 Å². The average molecular weight is 403 g/mol. The first kappa shape index (κ1) is 19.4. The number of hydrogen-bond donors (Lipinski definition) is 2. The predicted octanol–water partition coefficient (Wildman–Crippen LogP) is 6.14. The van der Waals surface area contributed by atoms with E-state index in [2.05, 4.69) is 17.2 Å². The fraction of sp³-hybridized carbons (Fsp3) is 0.160. The molecule has 0 aliphatic heterocycles. The Labute approximate surface area is 175 Å². The van der Waals surface area contributed by atoms with Crippen LogP contribution in [0.25, 0.3) is 10.9 Å². The fourth-order valence-corrected chi connectivity index (χ4v) is 3.77. The molecule has 0 aliphatic carbocycles. The quantitative estimate of drug-likeness (QED) is 0.365. The number of Topliss-reactive ketones (excluding diaryl/α,β-unsaturated/α-hetero) is 1. The van der Waals surface area contributed by atoms with Gasteiger partial charge in [-0.15, -0.1) is 0 Å². The molecule has 29 heavy (non-hydrogen) atoms. The zero-order valence-electron chi connectivity index (χ0n) is 16.2. The molecule has 4 aromatic rings. The molecular formula is C25H23ClN2O. The van der Waals surface area contributed by atoms with Crippen LogP contribution in [-0.4, -0.2) is 17.3 Å². The van der Waals surface area contributed by atoms with Crippen molar-refractivity contribution in [3.05, 3.63) is 107 Å². The first-order valence-electron chi connectivity index (χ1n) is 9.77. The highest BCUT2D eigenvalue weighted by molar-refractivity contribution is 6.30. The van der Waals surface area contributed by atoms with Crippen molar-refractivity contribution in [2.24, 2.45) is 0 Å². The molecule has 0 fully saturated rings. The molecule has 0 amide bonds. The highest BCUT2D eigenvalue weighted by Crippen LogP contribution is 2.26.